The molecule has 0 atom stereocenters. The minimum Gasteiger partial charge on any atom is -0.378 e. The molecule has 160 valence electrons. The highest BCUT2D eigenvalue weighted by Gasteiger charge is 2.28. The van der Waals surface area contributed by atoms with E-state index in [4.69, 9.17) is 19.4 Å². The minimum atomic E-state index is -0.143. The number of ether oxygens (including phenoxy) is 2. The smallest absolute Gasteiger partial charge is 0.227 e. The molecule has 1 aromatic carbocycles. The lowest BCUT2D eigenvalue weighted by Gasteiger charge is -2.36. The van der Waals surface area contributed by atoms with Crippen LogP contribution in [0.5, 0.6) is 0 Å². The van der Waals surface area contributed by atoms with E-state index in [2.05, 4.69) is 14.7 Å². The van der Waals surface area contributed by atoms with Gasteiger partial charge in [0.2, 0.25) is 5.95 Å². The third-order valence-corrected chi connectivity index (χ3v) is 6.06. The van der Waals surface area contributed by atoms with Crippen molar-refractivity contribution in [3.05, 3.63) is 46.9 Å². The van der Waals surface area contributed by atoms with Gasteiger partial charge >= 0.3 is 0 Å². The summed E-state index contributed by atoms with van der Waals surface area (Å²) in [5, 5.41) is 0. The molecule has 1 aromatic heterocycles. The van der Waals surface area contributed by atoms with Crippen molar-refractivity contribution in [1.29, 1.82) is 0 Å². The number of halogens is 1. The Hall–Kier alpha value is -2.29. The van der Waals surface area contributed by atoms with Crippen molar-refractivity contribution in [2.45, 2.75) is 19.5 Å². The number of hydrogen-bond donors (Lipinski definition) is 0. The van der Waals surface area contributed by atoms with E-state index in [9.17, 15) is 4.39 Å². The van der Waals surface area contributed by atoms with Crippen LogP contribution in [0.25, 0.3) is 0 Å². The van der Waals surface area contributed by atoms with E-state index < -0.39 is 0 Å². The first-order valence-electron chi connectivity index (χ1n) is 10.8. The summed E-state index contributed by atoms with van der Waals surface area (Å²) in [7, 11) is 0. The summed E-state index contributed by atoms with van der Waals surface area (Å²) in [6.45, 7) is 8.35. The van der Waals surface area contributed by atoms with Gasteiger partial charge in [0.25, 0.3) is 0 Å². The summed E-state index contributed by atoms with van der Waals surface area (Å²) in [4.78, 5) is 16.8. The second-order valence-electron chi connectivity index (χ2n) is 8.02. The highest BCUT2D eigenvalue weighted by Crippen LogP contribution is 2.30. The van der Waals surface area contributed by atoms with Gasteiger partial charge < -0.3 is 19.3 Å². The lowest BCUT2D eigenvalue weighted by Crippen LogP contribution is -2.41. The number of aromatic nitrogens is 2. The Labute approximate surface area is 176 Å². The SMILES string of the molecule is Fc1ccccc1CN1CCc2nc(N3CCOCC3)nc(N3CCOCC3)c2C1. The second kappa shape index (κ2) is 8.83. The Morgan fingerprint density at radius 1 is 0.867 bits per heavy atom. The van der Waals surface area contributed by atoms with E-state index in [-0.39, 0.29) is 5.82 Å². The Morgan fingerprint density at radius 2 is 1.57 bits per heavy atom. The highest BCUT2D eigenvalue weighted by atomic mass is 19.1. The molecule has 2 saturated heterocycles. The summed E-state index contributed by atoms with van der Waals surface area (Å²) in [6.07, 6.45) is 0.848. The van der Waals surface area contributed by atoms with Crippen LogP contribution in [0.15, 0.2) is 24.3 Å². The molecule has 7 nitrogen and oxygen atoms in total. The van der Waals surface area contributed by atoms with Crippen LogP contribution in [0, 0.1) is 5.82 Å². The van der Waals surface area contributed by atoms with Crippen molar-refractivity contribution in [3.63, 3.8) is 0 Å². The maximum absolute atomic E-state index is 14.2. The number of nitrogens with zero attached hydrogens (tertiary/aromatic N) is 5. The van der Waals surface area contributed by atoms with Crippen molar-refractivity contribution in [2.75, 3.05) is 69.0 Å². The Balaban J connectivity index is 1.44. The largest absolute Gasteiger partial charge is 0.378 e. The third kappa shape index (κ3) is 4.12. The van der Waals surface area contributed by atoms with E-state index in [1.54, 1.807) is 6.07 Å². The number of hydrogen-bond acceptors (Lipinski definition) is 7. The van der Waals surface area contributed by atoms with Crippen LogP contribution < -0.4 is 9.80 Å². The van der Waals surface area contributed by atoms with E-state index in [0.29, 0.717) is 33.0 Å². The second-order valence-corrected chi connectivity index (χ2v) is 8.02. The van der Waals surface area contributed by atoms with Crippen LogP contribution in [0.3, 0.4) is 0 Å². The van der Waals surface area contributed by atoms with Crippen molar-refractivity contribution in [3.8, 4) is 0 Å². The van der Waals surface area contributed by atoms with Gasteiger partial charge in [-0.15, -0.1) is 0 Å². The predicted octanol–water partition coefficient (Wildman–Crippen LogP) is 1.85. The van der Waals surface area contributed by atoms with Crippen LogP contribution >= 0.6 is 0 Å². The third-order valence-electron chi connectivity index (χ3n) is 6.06. The summed E-state index contributed by atoms with van der Waals surface area (Å²) >= 11 is 0. The summed E-state index contributed by atoms with van der Waals surface area (Å²) < 4.78 is 25.2. The fourth-order valence-electron chi connectivity index (χ4n) is 4.38. The zero-order valence-corrected chi connectivity index (χ0v) is 17.2. The van der Waals surface area contributed by atoms with E-state index in [1.165, 1.54) is 11.6 Å². The monoisotopic (exact) mass is 413 g/mol. The molecule has 0 radical (unpaired) electrons. The quantitative estimate of drug-likeness (QED) is 0.758. The van der Waals surface area contributed by atoms with Crippen molar-refractivity contribution < 1.29 is 13.9 Å². The number of anilines is 2. The van der Waals surface area contributed by atoms with Gasteiger partial charge in [-0.2, -0.15) is 4.98 Å². The average molecular weight is 413 g/mol. The summed E-state index contributed by atoms with van der Waals surface area (Å²) in [5.74, 6) is 1.68. The molecule has 0 spiro atoms. The number of morpholine rings is 2. The fraction of sp³-hybridized carbons (Fsp3) is 0.545. The molecule has 0 N–H and O–H groups in total. The maximum atomic E-state index is 14.2. The topological polar surface area (TPSA) is 54.0 Å². The zero-order valence-electron chi connectivity index (χ0n) is 17.2. The molecule has 0 saturated carbocycles. The predicted molar refractivity (Wildman–Crippen MR) is 112 cm³/mol. The molecule has 0 unspecified atom stereocenters. The van der Waals surface area contributed by atoms with Gasteiger partial charge in [-0.05, 0) is 6.07 Å². The Kier molecular flexibility index (Phi) is 5.79. The molecule has 3 aliphatic rings. The van der Waals surface area contributed by atoms with Gasteiger partial charge in [0.15, 0.2) is 0 Å². The minimum absolute atomic E-state index is 0.143. The molecular formula is C22H28FN5O2. The summed E-state index contributed by atoms with van der Waals surface area (Å²) in [5.41, 5.74) is 3.04. The number of fused-ring (bicyclic) bond motifs is 1. The van der Waals surface area contributed by atoms with Crippen LogP contribution in [-0.2, 0) is 29.0 Å². The van der Waals surface area contributed by atoms with Gasteiger partial charge in [0.1, 0.15) is 11.6 Å². The molecule has 4 heterocycles. The van der Waals surface area contributed by atoms with Gasteiger partial charge in [0, 0.05) is 63.4 Å². The van der Waals surface area contributed by atoms with Crippen LogP contribution in [0.2, 0.25) is 0 Å². The first kappa shape index (κ1) is 19.7. The Bertz CT molecular complexity index is 884. The standard InChI is InChI=1S/C22H28FN5O2/c23-19-4-2-1-3-17(19)15-26-6-5-20-18(16-26)21(27-7-11-29-12-8-27)25-22(24-20)28-9-13-30-14-10-28/h1-4H,5-16H2. The molecular weight excluding hydrogens is 385 g/mol. The lowest BCUT2D eigenvalue weighted by atomic mass is 10.0. The van der Waals surface area contributed by atoms with E-state index in [1.807, 2.05) is 12.1 Å². The molecule has 0 aliphatic carbocycles. The van der Waals surface area contributed by atoms with Crippen molar-refractivity contribution in [2.24, 2.45) is 0 Å². The van der Waals surface area contributed by atoms with E-state index >= 15 is 0 Å². The normalized spacial score (nSPS) is 20.3. The molecule has 0 amide bonds. The van der Waals surface area contributed by atoms with E-state index in [0.717, 1.165) is 68.7 Å². The highest BCUT2D eigenvalue weighted by molar-refractivity contribution is 5.54. The first-order chi connectivity index (χ1) is 14.8. The fourth-order valence-corrected chi connectivity index (χ4v) is 4.38. The lowest BCUT2D eigenvalue weighted by molar-refractivity contribution is 0.121. The zero-order chi connectivity index (χ0) is 20.3. The first-order valence-corrected chi connectivity index (χ1v) is 10.8. The average Bonchev–Trinajstić information content (AvgIpc) is 2.81. The summed E-state index contributed by atoms with van der Waals surface area (Å²) in [6, 6.07) is 7.03. The molecule has 8 heteroatoms. The van der Waals surface area contributed by atoms with Gasteiger partial charge in [-0.3, -0.25) is 4.90 Å². The van der Waals surface area contributed by atoms with Crippen LogP contribution in [0.4, 0.5) is 16.2 Å². The van der Waals surface area contributed by atoms with Gasteiger partial charge in [-0.1, -0.05) is 18.2 Å². The van der Waals surface area contributed by atoms with Gasteiger partial charge in [0.05, 0.1) is 32.1 Å². The molecule has 3 aliphatic heterocycles. The molecule has 5 rings (SSSR count). The molecule has 30 heavy (non-hydrogen) atoms. The van der Waals surface area contributed by atoms with Crippen LogP contribution in [-0.4, -0.2) is 74.0 Å². The maximum Gasteiger partial charge on any atom is 0.227 e. The van der Waals surface area contributed by atoms with Gasteiger partial charge in [-0.25, -0.2) is 9.37 Å². The number of benzene rings is 1. The number of rotatable bonds is 4. The molecule has 2 fully saturated rings. The molecule has 0 bridgehead atoms. The van der Waals surface area contributed by atoms with Crippen molar-refractivity contribution in [1.82, 2.24) is 14.9 Å². The Morgan fingerprint density at radius 3 is 2.30 bits per heavy atom. The molecule has 2 aromatic rings. The van der Waals surface area contributed by atoms with Crippen LogP contribution in [0.1, 0.15) is 16.8 Å². The van der Waals surface area contributed by atoms with Crippen molar-refractivity contribution >= 4 is 11.8 Å².